The van der Waals surface area contributed by atoms with Gasteiger partial charge in [-0.2, -0.15) is 10.2 Å². The zero-order valence-corrected chi connectivity index (χ0v) is 21.3. The van der Waals surface area contributed by atoms with Crippen LogP contribution in [0.2, 0.25) is 0 Å². The number of rotatable bonds is 5. The summed E-state index contributed by atoms with van der Waals surface area (Å²) in [6.45, 7) is 0.282. The first kappa shape index (κ1) is 23.3. The van der Waals surface area contributed by atoms with Crippen LogP contribution in [-0.4, -0.2) is 46.4 Å². The fraction of sp³-hybridized carbons (Fsp3) is 0.276. The molecule has 39 heavy (non-hydrogen) atoms. The van der Waals surface area contributed by atoms with E-state index in [1.165, 1.54) is 18.9 Å². The normalized spacial score (nSPS) is 14.9. The molecule has 1 aromatic carbocycles. The summed E-state index contributed by atoms with van der Waals surface area (Å²) in [6, 6.07) is 7.17. The van der Waals surface area contributed by atoms with Crippen molar-refractivity contribution in [1.82, 2.24) is 34.4 Å². The third-order valence-electron chi connectivity index (χ3n) is 7.31. The van der Waals surface area contributed by atoms with Crippen molar-refractivity contribution in [1.29, 1.82) is 0 Å². The molecular weight excluding hydrogens is 495 g/mol. The number of nitrogens with two attached hydrogens (primary N) is 1. The van der Waals surface area contributed by atoms with E-state index < -0.39 is 5.82 Å². The average molecular weight is 521 g/mol. The smallest absolute Gasteiger partial charge is 0.257 e. The van der Waals surface area contributed by atoms with Crippen molar-refractivity contribution >= 4 is 33.5 Å². The van der Waals surface area contributed by atoms with Crippen LogP contribution in [0.15, 0.2) is 49.1 Å². The fourth-order valence-electron chi connectivity index (χ4n) is 4.90. The van der Waals surface area contributed by atoms with Crippen molar-refractivity contribution in [3.63, 3.8) is 0 Å². The molecule has 0 unspecified atom stereocenters. The van der Waals surface area contributed by atoms with Gasteiger partial charge in [-0.05, 0) is 43.9 Å². The van der Waals surface area contributed by atoms with Crippen molar-refractivity contribution < 1.29 is 9.18 Å². The highest BCUT2D eigenvalue weighted by atomic mass is 19.1. The van der Waals surface area contributed by atoms with Gasteiger partial charge in [0, 0.05) is 42.5 Å². The van der Waals surface area contributed by atoms with Crippen molar-refractivity contribution in [2.24, 2.45) is 7.05 Å². The monoisotopic (exact) mass is 520 g/mol. The molecule has 194 valence electrons. The van der Waals surface area contributed by atoms with E-state index in [1.807, 2.05) is 23.0 Å². The highest BCUT2D eigenvalue weighted by Gasteiger charge is 2.34. The molecule has 2 aliphatic carbocycles. The van der Waals surface area contributed by atoms with Gasteiger partial charge in [0.2, 0.25) is 0 Å². The first-order valence-corrected chi connectivity index (χ1v) is 13.0. The number of hydrogen-bond acceptors (Lipinski definition) is 6. The van der Waals surface area contributed by atoms with E-state index in [1.54, 1.807) is 41.3 Å². The first-order valence-electron chi connectivity index (χ1n) is 13.0. The second-order valence-corrected chi connectivity index (χ2v) is 10.3. The second-order valence-electron chi connectivity index (χ2n) is 10.3. The van der Waals surface area contributed by atoms with Gasteiger partial charge in [0.25, 0.3) is 5.91 Å². The van der Waals surface area contributed by atoms with Gasteiger partial charge in [0.05, 0.1) is 58.2 Å². The molecule has 0 spiro atoms. The Balaban J connectivity index is 1.14. The van der Waals surface area contributed by atoms with Gasteiger partial charge in [0.1, 0.15) is 11.6 Å². The third-order valence-corrected chi connectivity index (χ3v) is 7.31. The van der Waals surface area contributed by atoms with Crippen LogP contribution >= 0.6 is 0 Å². The van der Waals surface area contributed by atoms with Gasteiger partial charge in [-0.15, -0.1) is 0 Å². The molecule has 1 amide bonds. The maximum Gasteiger partial charge on any atom is 0.257 e. The number of halogens is 1. The fourth-order valence-corrected chi connectivity index (χ4v) is 4.90. The first-order chi connectivity index (χ1) is 18.9. The lowest BCUT2D eigenvalue weighted by atomic mass is 10.1. The minimum Gasteiger partial charge on any atom is -0.383 e. The Morgan fingerprint density at radius 3 is 2.64 bits per heavy atom. The van der Waals surface area contributed by atoms with E-state index in [0.29, 0.717) is 33.5 Å². The number of nitrogens with zero attached hydrogens (tertiary/aromatic N) is 7. The maximum atomic E-state index is 15.3. The summed E-state index contributed by atoms with van der Waals surface area (Å²) in [4.78, 5) is 24.2. The molecule has 5 aromatic rings. The number of fused-ring (bicyclic) bond motifs is 3. The summed E-state index contributed by atoms with van der Waals surface area (Å²) in [7, 11) is 1.78. The number of hydrogen-bond donors (Lipinski definition) is 1. The molecule has 2 N–H and O–H groups in total. The molecule has 2 fully saturated rings. The van der Waals surface area contributed by atoms with Crippen LogP contribution in [0.5, 0.6) is 0 Å². The Bertz CT molecular complexity index is 1820. The van der Waals surface area contributed by atoms with Gasteiger partial charge >= 0.3 is 0 Å². The van der Waals surface area contributed by atoms with Crippen molar-refractivity contribution in [3.05, 3.63) is 77.3 Å². The number of carbonyl (C=O) groups is 1. The molecule has 2 saturated carbocycles. The molecule has 10 heteroatoms. The average Bonchev–Trinajstić information content (AvgIpc) is 3.87. The number of benzene rings is 1. The molecule has 0 saturated heterocycles. The molecule has 0 atom stereocenters. The highest BCUT2D eigenvalue weighted by molar-refractivity contribution is 6.10. The highest BCUT2D eigenvalue weighted by Crippen LogP contribution is 2.34. The molecule has 0 bridgehead atoms. The number of carbonyl (C=O) groups excluding carboxylic acids is 1. The molecular formula is C29H25FN8O. The SMILES string of the molecule is Cn1ncc2c(N)nc3cc(F)c(C(=O)N(Cc4ccc(C#Cc5cnn(C6CC6)c5)cn4)C4CC4)cc3c21. The van der Waals surface area contributed by atoms with E-state index in [9.17, 15) is 4.79 Å². The number of anilines is 1. The molecule has 4 aromatic heterocycles. The zero-order valence-electron chi connectivity index (χ0n) is 21.3. The summed E-state index contributed by atoms with van der Waals surface area (Å²) in [5.41, 5.74) is 9.51. The van der Waals surface area contributed by atoms with Crippen LogP contribution in [0, 0.1) is 17.7 Å². The van der Waals surface area contributed by atoms with Crippen molar-refractivity contribution in [2.45, 2.75) is 44.3 Å². The van der Waals surface area contributed by atoms with Gasteiger partial charge in [-0.25, -0.2) is 9.37 Å². The summed E-state index contributed by atoms with van der Waals surface area (Å²) < 4.78 is 18.9. The number of amides is 1. The number of aryl methyl sites for hydroxylation is 1. The Hall–Kier alpha value is -4.78. The van der Waals surface area contributed by atoms with E-state index in [-0.39, 0.29) is 29.9 Å². The van der Waals surface area contributed by atoms with Crippen LogP contribution in [0.4, 0.5) is 10.2 Å². The predicted octanol–water partition coefficient (Wildman–Crippen LogP) is 3.97. The molecule has 4 heterocycles. The Labute approximate surface area is 223 Å². The Morgan fingerprint density at radius 1 is 1.08 bits per heavy atom. The van der Waals surface area contributed by atoms with Crippen molar-refractivity contribution in [3.8, 4) is 11.8 Å². The molecule has 2 aliphatic rings. The second kappa shape index (κ2) is 8.91. The molecule has 9 nitrogen and oxygen atoms in total. The third kappa shape index (κ3) is 4.36. The van der Waals surface area contributed by atoms with E-state index >= 15 is 4.39 Å². The summed E-state index contributed by atoms with van der Waals surface area (Å²) >= 11 is 0. The Kier molecular flexibility index (Phi) is 5.33. The zero-order chi connectivity index (χ0) is 26.7. The Morgan fingerprint density at radius 2 is 1.90 bits per heavy atom. The van der Waals surface area contributed by atoms with Crippen LogP contribution in [0.25, 0.3) is 21.8 Å². The lowest BCUT2D eigenvalue weighted by molar-refractivity contribution is 0.0723. The summed E-state index contributed by atoms with van der Waals surface area (Å²) in [6.07, 6.45) is 11.2. The van der Waals surface area contributed by atoms with Gasteiger partial charge in [0.15, 0.2) is 0 Å². The van der Waals surface area contributed by atoms with Crippen LogP contribution < -0.4 is 5.73 Å². The standard InChI is InChI=1S/C29H25FN8O/c1-36-27-23-10-22(25(30)11-26(23)35-28(31)24(27)14-33-36)29(39)37(20-6-7-20)16-19-5-4-17(12-32-19)2-3-18-13-34-38(15-18)21-8-9-21/h4-5,10-15,20-21H,6-9,16H2,1H3,(H2,31,35). The van der Waals surface area contributed by atoms with E-state index in [2.05, 4.69) is 32.0 Å². The molecule has 0 radical (unpaired) electrons. The number of nitrogen functional groups attached to an aromatic ring is 1. The van der Waals surface area contributed by atoms with Crippen LogP contribution in [-0.2, 0) is 13.6 Å². The lowest BCUT2D eigenvalue weighted by Crippen LogP contribution is -2.33. The topological polar surface area (TPSA) is 108 Å². The maximum absolute atomic E-state index is 15.3. The minimum absolute atomic E-state index is 0.00213. The van der Waals surface area contributed by atoms with E-state index in [4.69, 9.17) is 5.73 Å². The van der Waals surface area contributed by atoms with Crippen molar-refractivity contribution in [2.75, 3.05) is 5.73 Å². The predicted molar refractivity (Wildman–Crippen MR) is 144 cm³/mol. The summed E-state index contributed by atoms with van der Waals surface area (Å²) in [5, 5.41) is 9.92. The van der Waals surface area contributed by atoms with Crippen LogP contribution in [0.3, 0.4) is 0 Å². The summed E-state index contributed by atoms with van der Waals surface area (Å²) in [5.74, 6) is 5.53. The van der Waals surface area contributed by atoms with E-state index in [0.717, 1.165) is 24.0 Å². The van der Waals surface area contributed by atoms with Gasteiger partial charge in [-0.3, -0.25) is 19.1 Å². The molecule has 7 rings (SSSR count). The molecule has 0 aliphatic heterocycles. The van der Waals surface area contributed by atoms with Gasteiger partial charge < -0.3 is 10.6 Å². The van der Waals surface area contributed by atoms with Gasteiger partial charge in [-0.1, -0.05) is 11.8 Å². The largest absolute Gasteiger partial charge is 0.383 e. The number of aromatic nitrogens is 6. The van der Waals surface area contributed by atoms with Crippen LogP contribution in [0.1, 0.15) is 58.9 Å². The minimum atomic E-state index is -0.629. The quantitative estimate of drug-likeness (QED) is 0.352. The lowest BCUT2D eigenvalue weighted by Gasteiger charge is -2.22. The number of pyridine rings is 2.